The molecule has 134 valence electrons. The lowest BCUT2D eigenvalue weighted by atomic mass is 10.1. The van der Waals surface area contributed by atoms with Gasteiger partial charge in [0.2, 0.25) is 0 Å². The van der Waals surface area contributed by atoms with Crippen LogP contribution >= 0.6 is 0 Å². The van der Waals surface area contributed by atoms with E-state index in [9.17, 15) is 9.90 Å². The first-order valence-corrected chi connectivity index (χ1v) is 8.57. The van der Waals surface area contributed by atoms with Crippen LogP contribution in [0, 0.1) is 0 Å². The maximum atomic E-state index is 12.2. The van der Waals surface area contributed by atoms with Gasteiger partial charge < -0.3 is 24.8 Å². The van der Waals surface area contributed by atoms with E-state index < -0.39 is 6.10 Å². The number of ether oxygens (including phenoxy) is 2. The van der Waals surface area contributed by atoms with Crippen LogP contribution in [-0.2, 0) is 16.1 Å². The van der Waals surface area contributed by atoms with Crippen LogP contribution in [0.3, 0.4) is 0 Å². The summed E-state index contributed by atoms with van der Waals surface area (Å²) in [6.45, 7) is 6.66. The van der Waals surface area contributed by atoms with Crippen molar-refractivity contribution in [1.82, 2.24) is 4.90 Å². The third kappa shape index (κ3) is 6.47. The van der Waals surface area contributed by atoms with E-state index in [1.807, 2.05) is 38.1 Å². The average molecular weight is 336 g/mol. The highest BCUT2D eigenvalue weighted by Gasteiger charge is 2.21. The van der Waals surface area contributed by atoms with Gasteiger partial charge in [-0.25, -0.2) is 4.79 Å². The van der Waals surface area contributed by atoms with Crippen molar-refractivity contribution in [2.75, 3.05) is 31.6 Å². The molecule has 0 saturated carbocycles. The molecule has 0 unspecified atom stereocenters. The predicted octanol–water partition coefficient (Wildman–Crippen LogP) is 2.62. The molecule has 1 aromatic rings. The van der Waals surface area contributed by atoms with Crippen LogP contribution in [0.15, 0.2) is 24.3 Å². The smallest absolute Gasteiger partial charge is 0.321 e. The minimum atomic E-state index is -0.419. The Bertz CT molecular complexity index is 521. The van der Waals surface area contributed by atoms with Gasteiger partial charge in [0.25, 0.3) is 0 Å². The molecule has 1 aliphatic heterocycles. The Morgan fingerprint density at radius 2 is 2.25 bits per heavy atom. The van der Waals surface area contributed by atoms with Crippen LogP contribution in [0.4, 0.5) is 10.5 Å². The minimum Gasteiger partial charge on any atom is -0.391 e. The number of β-amino-alcohol motifs (C(OH)–C–C–N with tert-alkyl or cyclic N) is 1. The average Bonchev–Trinajstić information content (AvgIpc) is 2.54. The first kappa shape index (κ1) is 18.7. The van der Waals surface area contributed by atoms with Gasteiger partial charge in [-0.15, -0.1) is 0 Å². The highest BCUT2D eigenvalue weighted by molar-refractivity contribution is 5.89. The number of aliphatic hydroxyl groups is 1. The molecule has 24 heavy (non-hydrogen) atoms. The highest BCUT2D eigenvalue weighted by atomic mass is 16.5. The van der Waals surface area contributed by atoms with Crippen molar-refractivity contribution in [3.63, 3.8) is 0 Å². The SMILES string of the molecule is CC(C)OCCOCc1cccc(NC(=O)N2CCC[C@@H](O)C2)c1. The Balaban J connectivity index is 1.78. The molecule has 0 aromatic heterocycles. The molecule has 2 amide bonds. The van der Waals surface area contributed by atoms with Gasteiger partial charge in [0.15, 0.2) is 0 Å². The summed E-state index contributed by atoms with van der Waals surface area (Å²) in [5.74, 6) is 0. The number of urea groups is 1. The Labute approximate surface area is 143 Å². The number of aliphatic hydroxyl groups excluding tert-OH is 1. The van der Waals surface area contributed by atoms with Crippen molar-refractivity contribution in [2.24, 2.45) is 0 Å². The normalized spacial score (nSPS) is 18.0. The van der Waals surface area contributed by atoms with Crippen molar-refractivity contribution in [3.05, 3.63) is 29.8 Å². The van der Waals surface area contributed by atoms with Gasteiger partial charge in [-0.2, -0.15) is 0 Å². The molecule has 6 heteroatoms. The zero-order valence-electron chi connectivity index (χ0n) is 14.5. The number of hydrogen-bond donors (Lipinski definition) is 2. The lowest BCUT2D eigenvalue weighted by molar-refractivity contribution is 0.0143. The summed E-state index contributed by atoms with van der Waals surface area (Å²) in [4.78, 5) is 13.9. The largest absolute Gasteiger partial charge is 0.391 e. The quantitative estimate of drug-likeness (QED) is 0.751. The Morgan fingerprint density at radius 1 is 1.42 bits per heavy atom. The number of benzene rings is 1. The second-order valence-electron chi connectivity index (χ2n) is 6.34. The van der Waals surface area contributed by atoms with Crippen molar-refractivity contribution < 1.29 is 19.4 Å². The fraction of sp³-hybridized carbons (Fsp3) is 0.611. The first-order chi connectivity index (χ1) is 11.5. The number of amides is 2. The second kappa shape index (κ2) is 9.61. The molecule has 1 aromatic carbocycles. The van der Waals surface area contributed by atoms with E-state index in [-0.39, 0.29) is 12.1 Å². The lowest BCUT2D eigenvalue weighted by Crippen LogP contribution is -2.44. The zero-order valence-corrected chi connectivity index (χ0v) is 14.5. The van der Waals surface area contributed by atoms with E-state index in [4.69, 9.17) is 9.47 Å². The number of carbonyl (C=O) groups is 1. The maximum Gasteiger partial charge on any atom is 0.321 e. The standard InChI is InChI=1S/C18H28N2O4/c1-14(2)24-10-9-23-13-15-5-3-6-16(11-15)19-18(22)20-8-4-7-17(21)12-20/h3,5-6,11,14,17,21H,4,7-10,12-13H2,1-2H3,(H,19,22)/t17-/m1/s1. The molecule has 1 atom stereocenters. The van der Waals surface area contributed by atoms with Crippen molar-refractivity contribution in [3.8, 4) is 0 Å². The number of nitrogens with zero attached hydrogens (tertiary/aromatic N) is 1. The van der Waals surface area contributed by atoms with Crippen molar-refractivity contribution in [1.29, 1.82) is 0 Å². The molecule has 1 aliphatic rings. The molecule has 0 aliphatic carbocycles. The Hall–Kier alpha value is -1.63. The van der Waals surface area contributed by atoms with E-state index in [2.05, 4.69) is 5.32 Å². The number of rotatable bonds is 7. The number of likely N-dealkylation sites (tertiary alicyclic amines) is 1. The van der Waals surface area contributed by atoms with Crippen LogP contribution in [0.25, 0.3) is 0 Å². The number of piperidine rings is 1. The van der Waals surface area contributed by atoms with Gasteiger partial charge in [0.05, 0.1) is 32.0 Å². The van der Waals surface area contributed by atoms with Gasteiger partial charge in [0, 0.05) is 18.8 Å². The molecule has 1 fully saturated rings. The van der Waals surface area contributed by atoms with Crippen molar-refractivity contribution in [2.45, 2.75) is 45.5 Å². The summed E-state index contributed by atoms with van der Waals surface area (Å²) < 4.78 is 11.0. The molecule has 2 N–H and O–H groups in total. The van der Waals surface area contributed by atoms with Crippen LogP contribution < -0.4 is 5.32 Å². The fourth-order valence-electron chi connectivity index (χ4n) is 2.61. The summed E-state index contributed by atoms with van der Waals surface area (Å²) in [5, 5.41) is 12.6. The zero-order chi connectivity index (χ0) is 17.4. The van der Waals surface area contributed by atoms with Gasteiger partial charge in [0.1, 0.15) is 0 Å². The minimum absolute atomic E-state index is 0.169. The molecule has 0 radical (unpaired) electrons. The monoisotopic (exact) mass is 336 g/mol. The summed E-state index contributed by atoms with van der Waals surface area (Å²) in [6, 6.07) is 7.44. The molecule has 1 heterocycles. The van der Waals surface area contributed by atoms with Gasteiger partial charge in [-0.05, 0) is 44.4 Å². The molecule has 0 bridgehead atoms. The third-order valence-corrected chi connectivity index (χ3v) is 3.81. The first-order valence-electron chi connectivity index (χ1n) is 8.57. The molecule has 2 rings (SSSR count). The molecule has 6 nitrogen and oxygen atoms in total. The summed E-state index contributed by atoms with van der Waals surface area (Å²) in [6.07, 6.45) is 1.38. The Kier molecular flexibility index (Phi) is 7.49. The van der Waals surface area contributed by atoms with Crippen LogP contribution in [0.1, 0.15) is 32.3 Å². The molecule has 0 spiro atoms. The Morgan fingerprint density at radius 3 is 3.00 bits per heavy atom. The van der Waals surface area contributed by atoms with Gasteiger partial charge >= 0.3 is 6.03 Å². The topological polar surface area (TPSA) is 71.0 Å². The van der Waals surface area contributed by atoms with E-state index in [0.717, 1.165) is 24.1 Å². The number of anilines is 1. The maximum absolute atomic E-state index is 12.2. The van der Waals surface area contributed by atoms with E-state index in [1.54, 1.807) is 4.90 Å². The summed E-state index contributed by atoms with van der Waals surface area (Å²) in [7, 11) is 0. The van der Waals surface area contributed by atoms with Gasteiger partial charge in [-0.1, -0.05) is 12.1 Å². The van der Waals surface area contributed by atoms with E-state index in [1.165, 1.54) is 0 Å². The second-order valence-corrected chi connectivity index (χ2v) is 6.34. The molecular formula is C18H28N2O4. The van der Waals surface area contributed by atoms with Crippen molar-refractivity contribution >= 4 is 11.7 Å². The summed E-state index contributed by atoms with van der Waals surface area (Å²) >= 11 is 0. The lowest BCUT2D eigenvalue weighted by Gasteiger charge is -2.30. The fourth-order valence-corrected chi connectivity index (χ4v) is 2.61. The molecular weight excluding hydrogens is 308 g/mol. The number of hydrogen-bond acceptors (Lipinski definition) is 4. The van der Waals surface area contributed by atoms with E-state index >= 15 is 0 Å². The highest BCUT2D eigenvalue weighted by Crippen LogP contribution is 2.15. The van der Waals surface area contributed by atoms with Gasteiger partial charge in [-0.3, -0.25) is 0 Å². The molecule has 1 saturated heterocycles. The number of nitrogens with one attached hydrogen (secondary N) is 1. The van der Waals surface area contributed by atoms with Crippen LogP contribution in [0.2, 0.25) is 0 Å². The number of carbonyl (C=O) groups excluding carboxylic acids is 1. The van der Waals surface area contributed by atoms with Crippen LogP contribution in [0.5, 0.6) is 0 Å². The van der Waals surface area contributed by atoms with E-state index in [0.29, 0.717) is 32.9 Å². The predicted molar refractivity (Wildman–Crippen MR) is 93.0 cm³/mol. The third-order valence-electron chi connectivity index (χ3n) is 3.81. The van der Waals surface area contributed by atoms with Crippen LogP contribution in [-0.4, -0.2) is 54.5 Å². The summed E-state index contributed by atoms with van der Waals surface area (Å²) in [5.41, 5.74) is 1.73.